The first-order valence-corrected chi connectivity index (χ1v) is 8.18. The Morgan fingerprint density at radius 2 is 1.77 bits per heavy atom. The summed E-state index contributed by atoms with van der Waals surface area (Å²) in [6, 6.07) is 14.9. The molecule has 0 aliphatic carbocycles. The number of rotatable bonds is 3. The maximum absolute atomic E-state index is 11.9. The van der Waals surface area contributed by atoms with Crippen molar-refractivity contribution in [1.29, 1.82) is 0 Å². The van der Waals surface area contributed by atoms with Gasteiger partial charge in [-0.1, -0.05) is 23.7 Å². The first kappa shape index (κ1) is 14.9. The van der Waals surface area contributed by atoms with Crippen LogP contribution in [0.1, 0.15) is 11.1 Å². The first-order chi connectivity index (χ1) is 10.7. The van der Waals surface area contributed by atoms with E-state index in [0.29, 0.717) is 16.6 Å². The molecule has 1 heterocycles. The fourth-order valence-electron chi connectivity index (χ4n) is 1.98. The molecular weight excluding hydrogens is 318 g/mol. The molecule has 0 atom stereocenters. The van der Waals surface area contributed by atoms with E-state index in [4.69, 9.17) is 16.3 Å². The van der Waals surface area contributed by atoms with Gasteiger partial charge in [-0.15, -0.1) is 11.8 Å². The number of hydrogen-bond donors (Lipinski definition) is 0. The van der Waals surface area contributed by atoms with Crippen molar-refractivity contribution in [1.82, 2.24) is 0 Å². The molecular formula is C17H12ClNO2S. The number of benzene rings is 2. The van der Waals surface area contributed by atoms with Crippen molar-refractivity contribution in [3.05, 3.63) is 70.4 Å². The van der Waals surface area contributed by atoms with Crippen LogP contribution in [0.25, 0.3) is 6.08 Å². The van der Waals surface area contributed by atoms with Crippen LogP contribution in [0, 0.1) is 0 Å². The second kappa shape index (κ2) is 6.38. The van der Waals surface area contributed by atoms with Crippen molar-refractivity contribution in [3.63, 3.8) is 0 Å². The van der Waals surface area contributed by atoms with Gasteiger partial charge in [-0.3, -0.25) is 0 Å². The topological polar surface area (TPSA) is 38.7 Å². The lowest BCUT2D eigenvalue weighted by molar-refractivity contribution is -0.129. The lowest BCUT2D eigenvalue weighted by Gasteiger charge is -1.98. The molecule has 3 rings (SSSR count). The number of hydrogen-bond acceptors (Lipinski definition) is 4. The average molecular weight is 330 g/mol. The van der Waals surface area contributed by atoms with Crippen LogP contribution in [0.3, 0.4) is 0 Å². The third kappa shape index (κ3) is 3.24. The Morgan fingerprint density at radius 3 is 2.41 bits per heavy atom. The summed E-state index contributed by atoms with van der Waals surface area (Å²) < 4.78 is 5.21. The van der Waals surface area contributed by atoms with Crippen LogP contribution in [0.2, 0.25) is 5.02 Å². The zero-order valence-corrected chi connectivity index (χ0v) is 13.3. The van der Waals surface area contributed by atoms with Gasteiger partial charge in [-0.25, -0.2) is 9.79 Å². The molecule has 1 aliphatic rings. The van der Waals surface area contributed by atoms with Crippen molar-refractivity contribution < 1.29 is 9.53 Å². The van der Waals surface area contributed by atoms with Crippen molar-refractivity contribution in [2.75, 3.05) is 6.26 Å². The summed E-state index contributed by atoms with van der Waals surface area (Å²) in [5.41, 5.74) is 1.92. The molecule has 0 saturated carbocycles. The predicted octanol–water partition coefficient (Wildman–Crippen LogP) is 4.41. The summed E-state index contributed by atoms with van der Waals surface area (Å²) in [5, 5.41) is 0.623. The highest BCUT2D eigenvalue weighted by Crippen LogP contribution is 2.21. The Balaban J connectivity index is 1.88. The number of halogens is 1. The standard InChI is InChI=1S/C17H12ClNO2S/c1-22-14-8-2-11(3-9-14)10-15-17(20)21-16(19-15)12-4-6-13(18)7-5-12/h2-10H,1H3/b15-10-. The number of ether oxygens (including phenoxy) is 1. The number of aliphatic imine (C=N–C) groups is 1. The minimum absolute atomic E-state index is 0.293. The van der Waals surface area contributed by atoms with E-state index in [1.165, 1.54) is 4.90 Å². The minimum Gasteiger partial charge on any atom is -0.402 e. The SMILES string of the molecule is CSc1ccc(/C=C2\N=C(c3ccc(Cl)cc3)OC2=O)cc1. The Morgan fingerprint density at radius 1 is 1.09 bits per heavy atom. The van der Waals surface area contributed by atoms with Crippen molar-refractivity contribution >= 4 is 41.3 Å². The first-order valence-electron chi connectivity index (χ1n) is 6.58. The van der Waals surface area contributed by atoms with Crippen LogP contribution in [0.15, 0.2) is 64.1 Å². The predicted molar refractivity (Wildman–Crippen MR) is 90.3 cm³/mol. The molecule has 0 unspecified atom stereocenters. The number of esters is 1. The molecule has 0 radical (unpaired) electrons. The largest absolute Gasteiger partial charge is 0.402 e. The summed E-state index contributed by atoms with van der Waals surface area (Å²) in [7, 11) is 0. The monoisotopic (exact) mass is 329 g/mol. The van der Waals surface area contributed by atoms with Gasteiger partial charge in [0.2, 0.25) is 5.90 Å². The van der Waals surface area contributed by atoms with Crippen LogP contribution in [0.4, 0.5) is 0 Å². The Bertz CT molecular complexity index is 764. The molecule has 1 aliphatic heterocycles. The molecule has 0 spiro atoms. The fraction of sp³-hybridized carbons (Fsp3) is 0.0588. The molecule has 0 saturated heterocycles. The minimum atomic E-state index is -0.445. The highest BCUT2D eigenvalue weighted by Gasteiger charge is 2.23. The smallest absolute Gasteiger partial charge is 0.363 e. The van der Waals surface area contributed by atoms with Gasteiger partial charge >= 0.3 is 5.97 Å². The molecule has 0 aromatic heterocycles. The molecule has 0 amide bonds. The molecule has 0 fully saturated rings. The number of nitrogens with zero attached hydrogens (tertiary/aromatic N) is 1. The molecule has 110 valence electrons. The third-order valence-corrected chi connectivity index (χ3v) is 4.13. The summed E-state index contributed by atoms with van der Waals surface area (Å²) in [6.45, 7) is 0. The maximum atomic E-state index is 11.9. The van der Waals surface area contributed by atoms with Crippen LogP contribution < -0.4 is 0 Å². The van der Waals surface area contributed by atoms with Gasteiger partial charge in [-0.2, -0.15) is 0 Å². The highest BCUT2D eigenvalue weighted by molar-refractivity contribution is 7.98. The lowest BCUT2D eigenvalue weighted by Crippen LogP contribution is -2.05. The average Bonchev–Trinajstić information content (AvgIpc) is 2.90. The summed E-state index contributed by atoms with van der Waals surface area (Å²) in [5.74, 6) is -0.146. The Labute approximate surface area is 137 Å². The van der Waals surface area contributed by atoms with Crippen molar-refractivity contribution in [2.24, 2.45) is 4.99 Å². The van der Waals surface area contributed by atoms with Gasteiger partial charge < -0.3 is 4.74 Å². The normalized spacial score (nSPS) is 15.8. The van der Waals surface area contributed by atoms with Gasteiger partial charge in [-0.05, 0) is 54.3 Å². The molecule has 2 aromatic rings. The summed E-state index contributed by atoms with van der Waals surface area (Å²) in [4.78, 5) is 17.3. The maximum Gasteiger partial charge on any atom is 0.363 e. The number of cyclic esters (lactones) is 1. The molecule has 2 aromatic carbocycles. The third-order valence-electron chi connectivity index (χ3n) is 3.13. The van der Waals surface area contributed by atoms with Crippen molar-refractivity contribution in [3.8, 4) is 0 Å². The highest BCUT2D eigenvalue weighted by atomic mass is 35.5. The number of thioether (sulfide) groups is 1. The van der Waals surface area contributed by atoms with E-state index >= 15 is 0 Å². The van der Waals surface area contributed by atoms with E-state index in [2.05, 4.69) is 4.99 Å². The van der Waals surface area contributed by atoms with E-state index in [9.17, 15) is 4.79 Å². The van der Waals surface area contributed by atoms with Gasteiger partial charge in [0.25, 0.3) is 0 Å². The lowest BCUT2D eigenvalue weighted by atomic mass is 10.2. The number of carbonyl (C=O) groups excluding carboxylic acids is 1. The molecule has 0 bridgehead atoms. The molecule has 5 heteroatoms. The van der Waals surface area contributed by atoms with Gasteiger partial charge in [0, 0.05) is 15.5 Å². The van der Waals surface area contributed by atoms with E-state index < -0.39 is 5.97 Å². The zero-order valence-electron chi connectivity index (χ0n) is 11.7. The van der Waals surface area contributed by atoms with Crippen LogP contribution in [-0.4, -0.2) is 18.1 Å². The molecule has 0 N–H and O–H groups in total. The quantitative estimate of drug-likeness (QED) is 0.476. The second-order valence-corrected chi connectivity index (χ2v) is 5.93. The fourth-order valence-corrected chi connectivity index (χ4v) is 2.52. The van der Waals surface area contributed by atoms with Crippen molar-refractivity contribution in [2.45, 2.75) is 4.90 Å². The van der Waals surface area contributed by atoms with E-state index in [0.717, 1.165) is 11.1 Å². The number of carbonyl (C=O) groups is 1. The van der Waals surface area contributed by atoms with Gasteiger partial charge in [0.05, 0.1) is 0 Å². The van der Waals surface area contributed by atoms with E-state index in [1.54, 1.807) is 42.1 Å². The van der Waals surface area contributed by atoms with Gasteiger partial charge in [0.15, 0.2) is 5.70 Å². The van der Waals surface area contributed by atoms with Gasteiger partial charge in [0.1, 0.15) is 0 Å². The second-order valence-electron chi connectivity index (χ2n) is 4.62. The summed E-state index contributed by atoms with van der Waals surface area (Å²) >= 11 is 7.52. The van der Waals surface area contributed by atoms with Crippen LogP contribution in [0.5, 0.6) is 0 Å². The Kier molecular flexibility index (Phi) is 4.32. The zero-order chi connectivity index (χ0) is 15.5. The van der Waals surface area contributed by atoms with Crippen LogP contribution >= 0.6 is 23.4 Å². The van der Waals surface area contributed by atoms with E-state index in [1.807, 2.05) is 30.5 Å². The Hall–Kier alpha value is -2.04. The molecule has 22 heavy (non-hydrogen) atoms. The molecule has 3 nitrogen and oxygen atoms in total. The summed E-state index contributed by atoms with van der Waals surface area (Å²) in [6.07, 6.45) is 3.74. The van der Waals surface area contributed by atoms with E-state index in [-0.39, 0.29) is 0 Å². The van der Waals surface area contributed by atoms with Crippen LogP contribution in [-0.2, 0) is 9.53 Å².